The minimum atomic E-state index is -0.494. The molecule has 0 spiro atoms. The Labute approximate surface area is 117 Å². The minimum absolute atomic E-state index is 0.0297. The van der Waals surface area contributed by atoms with Gasteiger partial charge in [0.25, 0.3) is 0 Å². The number of hydrogen-bond acceptors (Lipinski definition) is 3. The van der Waals surface area contributed by atoms with Crippen LogP contribution < -0.4 is 16.0 Å². The molecule has 0 aliphatic carbocycles. The van der Waals surface area contributed by atoms with Gasteiger partial charge in [-0.3, -0.25) is 14.9 Å². The number of carbonyl (C=O) groups excluding carboxylic acids is 2. The van der Waals surface area contributed by atoms with Crippen molar-refractivity contribution < 1.29 is 14.0 Å². The third kappa shape index (κ3) is 6.29. The summed E-state index contributed by atoms with van der Waals surface area (Å²) in [6.07, 6.45) is 0. The molecule has 0 unspecified atom stereocenters. The van der Waals surface area contributed by atoms with Crippen LogP contribution in [0.3, 0.4) is 0 Å². The number of nitrogens with one attached hydrogen (secondary N) is 3. The van der Waals surface area contributed by atoms with Crippen LogP contribution in [-0.4, -0.2) is 30.4 Å². The monoisotopic (exact) mass is 281 g/mol. The number of amides is 2. The summed E-state index contributed by atoms with van der Waals surface area (Å²) < 4.78 is 13.3. The summed E-state index contributed by atoms with van der Waals surface area (Å²) in [4.78, 5) is 23.0. The molecule has 1 aromatic rings. The third-order valence-electron chi connectivity index (χ3n) is 2.23. The van der Waals surface area contributed by atoms with Crippen molar-refractivity contribution in [1.82, 2.24) is 10.6 Å². The van der Waals surface area contributed by atoms with Crippen LogP contribution in [0.4, 0.5) is 10.1 Å². The normalized spacial score (nSPS) is 11.0. The highest BCUT2D eigenvalue weighted by atomic mass is 19.1. The predicted octanol–water partition coefficient (Wildman–Crippen LogP) is 1.27. The average Bonchev–Trinajstić information content (AvgIpc) is 2.29. The largest absolute Gasteiger partial charge is 0.350 e. The maximum Gasteiger partial charge on any atom is 0.238 e. The molecular formula is C14H20FN3O2. The number of anilines is 1. The fourth-order valence-corrected chi connectivity index (χ4v) is 1.51. The molecule has 0 bridgehead atoms. The number of carbonyl (C=O) groups is 2. The van der Waals surface area contributed by atoms with Gasteiger partial charge in [-0.15, -0.1) is 0 Å². The van der Waals surface area contributed by atoms with Crippen molar-refractivity contribution in [1.29, 1.82) is 0 Å². The van der Waals surface area contributed by atoms with Gasteiger partial charge in [0, 0.05) is 5.54 Å². The summed E-state index contributed by atoms with van der Waals surface area (Å²) in [6.45, 7) is 5.58. The van der Waals surface area contributed by atoms with E-state index in [0.717, 1.165) is 0 Å². The Bertz CT molecular complexity index is 484. The number of benzene rings is 1. The zero-order chi connectivity index (χ0) is 15.2. The third-order valence-corrected chi connectivity index (χ3v) is 2.23. The summed E-state index contributed by atoms with van der Waals surface area (Å²) in [7, 11) is 0. The molecule has 3 N–H and O–H groups in total. The Morgan fingerprint density at radius 3 is 2.30 bits per heavy atom. The van der Waals surface area contributed by atoms with E-state index in [4.69, 9.17) is 0 Å². The van der Waals surface area contributed by atoms with Gasteiger partial charge in [0.15, 0.2) is 0 Å². The first-order chi connectivity index (χ1) is 9.28. The Morgan fingerprint density at radius 1 is 1.10 bits per heavy atom. The summed E-state index contributed by atoms with van der Waals surface area (Å²) in [6, 6.07) is 5.91. The van der Waals surface area contributed by atoms with Crippen molar-refractivity contribution >= 4 is 17.5 Å². The molecular weight excluding hydrogens is 261 g/mol. The molecule has 0 aliphatic rings. The molecule has 0 heterocycles. The summed E-state index contributed by atoms with van der Waals surface area (Å²) in [5.74, 6) is -1.10. The van der Waals surface area contributed by atoms with E-state index < -0.39 is 11.7 Å². The van der Waals surface area contributed by atoms with Crippen LogP contribution in [0, 0.1) is 5.82 Å². The predicted molar refractivity (Wildman–Crippen MR) is 75.8 cm³/mol. The first kappa shape index (κ1) is 16.1. The van der Waals surface area contributed by atoms with Gasteiger partial charge in [-0.05, 0) is 32.9 Å². The molecule has 1 rings (SSSR count). The summed E-state index contributed by atoms with van der Waals surface area (Å²) >= 11 is 0. The highest BCUT2D eigenvalue weighted by molar-refractivity contribution is 5.92. The standard InChI is InChI=1S/C14H20FN3O2/c1-14(2,3)18-13(20)9-16-8-12(19)17-11-7-5-4-6-10(11)15/h4-7,16H,8-9H2,1-3H3,(H,17,19)(H,18,20). The Balaban J connectivity index is 2.31. The van der Waals surface area contributed by atoms with E-state index in [9.17, 15) is 14.0 Å². The second kappa shape index (κ2) is 7.00. The van der Waals surface area contributed by atoms with Crippen LogP contribution in [0.15, 0.2) is 24.3 Å². The van der Waals surface area contributed by atoms with E-state index >= 15 is 0 Å². The molecule has 110 valence electrons. The lowest BCUT2D eigenvalue weighted by atomic mass is 10.1. The molecule has 2 amide bonds. The van der Waals surface area contributed by atoms with Crippen LogP contribution in [-0.2, 0) is 9.59 Å². The topological polar surface area (TPSA) is 70.2 Å². The average molecular weight is 281 g/mol. The lowest BCUT2D eigenvalue weighted by Gasteiger charge is -2.20. The maximum atomic E-state index is 13.3. The van der Waals surface area contributed by atoms with Gasteiger partial charge in [0.05, 0.1) is 18.8 Å². The first-order valence-corrected chi connectivity index (χ1v) is 6.34. The molecule has 0 saturated carbocycles. The fourth-order valence-electron chi connectivity index (χ4n) is 1.51. The molecule has 20 heavy (non-hydrogen) atoms. The summed E-state index contributed by atoms with van der Waals surface area (Å²) in [5.41, 5.74) is -0.188. The van der Waals surface area contributed by atoms with Crippen molar-refractivity contribution in [3.63, 3.8) is 0 Å². The molecule has 0 aromatic heterocycles. The molecule has 0 atom stereocenters. The number of halogens is 1. The molecule has 0 fully saturated rings. The van der Waals surface area contributed by atoms with E-state index in [2.05, 4.69) is 16.0 Å². The lowest BCUT2D eigenvalue weighted by molar-refractivity contribution is -0.121. The van der Waals surface area contributed by atoms with Gasteiger partial charge in [0.2, 0.25) is 11.8 Å². The number of hydrogen-bond donors (Lipinski definition) is 3. The number of rotatable bonds is 5. The Kier molecular flexibility index (Phi) is 5.64. The minimum Gasteiger partial charge on any atom is -0.350 e. The van der Waals surface area contributed by atoms with Gasteiger partial charge >= 0.3 is 0 Å². The Morgan fingerprint density at radius 2 is 1.70 bits per heavy atom. The molecule has 0 aliphatic heterocycles. The van der Waals surface area contributed by atoms with Gasteiger partial charge in [-0.1, -0.05) is 12.1 Å². The van der Waals surface area contributed by atoms with Crippen LogP contribution in [0.1, 0.15) is 20.8 Å². The SMILES string of the molecule is CC(C)(C)NC(=O)CNCC(=O)Nc1ccccc1F. The second-order valence-corrected chi connectivity index (χ2v) is 5.43. The highest BCUT2D eigenvalue weighted by Crippen LogP contribution is 2.11. The first-order valence-electron chi connectivity index (χ1n) is 6.34. The van der Waals surface area contributed by atoms with Gasteiger partial charge < -0.3 is 10.6 Å². The molecule has 6 heteroatoms. The van der Waals surface area contributed by atoms with Crippen LogP contribution in [0.2, 0.25) is 0 Å². The maximum absolute atomic E-state index is 13.3. The molecule has 0 radical (unpaired) electrons. The van der Waals surface area contributed by atoms with Crippen LogP contribution in [0.5, 0.6) is 0 Å². The molecule has 5 nitrogen and oxygen atoms in total. The van der Waals surface area contributed by atoms with E-state index in [0.29, 0.717) is 0 Å². The van der Waals surface area contributed by atoms with Crippen molar-refractivity contribution in [3.8, 4) is 0 Å². The fraction of sp³-hybridized carbons (Fsp3) is 0.429. The molecule has 1 aromatic carbocycles. The van der Waals surface area contributed by atoms with Gasteiger partial charge in [-0.2, -0.15) is 0 Å². The van der Waals surface area contributed by atoms with Gasteiger partial charge in [-0.25, -0.2) is 4.39 Å². The van der Waals surface area contributed by atoms with Gasteiger partial charge in [0.1, 0.15) is 5.82 Å². The Hall–Kier alpha value is -1.95. The lowest BCUT2D eigenvalue weighted by Crippen LogP contribution is -2.45. The van der Waals surface area contributed by atoms with E-state index in [1.807, 2.05) is 20.8 Å². The molecule has 0 saturated heterocycles. The smallest absolute Gasteiger partial charge is 0.238 e. The van der Waals surface area contributed by atoms with E-state index in [-0.39, 0.29) is 30.2 Å². The van der Waals surface area contributed by atoms with Crippen LogP contribution in [0.25, 0.3) is 0 Å². The van der Waals surface area contributed by atoms with E-state index in [1.54, 1.807) is 12.1 Å². The van der Waals surface area contributed by atoms with Crippen molar-refractivity contribution in [2.45, 2.75) is 26.3 Å². The van der Waals surface area contributed by atoms with Crippen molar-refractivity contribution in [2.24, 2.45) is 0 Å². The number of para-hydroxylation sites is 1. The second-order valence-electron chi connectivity index (χ2n) is 5.43. The van der Waals surface area contributed by atoms with Crippen LogP contribution >= 0.6 is 0 Å². The van der Waals surface area contributed by atoms with Crippen molar-refractivity contribution in [2.75, 3.05) is 18.4 Å². The van der Waals surface area contributed by atoms with Crippen molar-refractivity contribution in [3.05, 3.63) is 30.1 Å². The highest BCUT2D eigenvalue weighted by Gasteiger charge is 2.13. The zero-order valence-electron chi connectivity index (χ0n) is 11.9. The quantitative estimate of drug-likeness (QED) is 0.761. The van der Waals surface area contributed by atoms with E-state index in [1.165, 1.54) is 12.1 Å². The zero-order valence-corrected chi connectivity index (χ0v) is 11.9. The summed E-state index contributed by atoms with van der Waals surface area (Å²) in [5, 5.41) is 7.88.